The molecule has 63 heavy (non-hydrogen) atoms. The lowest BCUT2D eigenvalue weighted by atomic mass is 9.90. The fourth-order valence-corrected chi connectivity index (χ4v) is 6.51. The zero-order valence-electron chi connectivity index (χ0n) is 36.7. The first-order chi connectivity index (χ1) is 30.6. The van der Waals surface area contributed by atoms with E-state index < -0.39 is 30.0 Å². The molecule has 0 bridgehead atoms. The molecule has 1 fully saturated rings. The number of carboxylic acids is 1. The van der Waals surface area contributed by atoms with Gasteiger partial charge in [0.2, 0.25) is 11.8 Å². The fourth-order valence-electron chi connectivity index (χ4n) is 6.51. The van der Waals surface area contributed by atoms with E-state index in [4.69, 9.17) is 38.7 Å². The van der Waals surface area contributed by atoms with Crippen LogP contribution in [0.2, 0.25) is 0 Å². The Morgan fingerprint density at radius 1 is 0.873 bits per heavy atom. The summed E-state index contributed by atoms with van der Waals surface area (Å²) in [6.45, 7) is 6.37. The maximum Gasteiger partial charge on any atom is 0.364 e. The summed E-state index contributed by atoms with van der Waals surface area (Å²) in [7, 11) is 0. The molecule has 0 spiro atoms. The number of hydrogen-bond donors (Lipinski definition) is 6. The van der Waals surface area contributed by atoms with Crippen molar-refractivity contribution < 1.29 is 62.5 Å². The fraction of sp³-hybridized carbons (Fsp3) is 0.600. The van der Waals surface area contributed by atoms with E-state index in [1.807, 2.05) is 30.3 Å². The molecule has 350 valence electrons. The molecule has 2 aromatic carbocycles. The average molecular weight is 886 g/mol. The molecule has 18 heteroatoms. The average Bonchev–Trinajstić information content (AvgIpc) is 3.27. The van der Waals surface area contributed by atoms with Crippen molar-refractivity contribution in [1.82, 2.24) is 16.0 Å². The first-order valence-corrected chi connectivity index (χ1v) is 21.8. The highest BCUT2D eigenvalue weighted by molar-refractivity contribution is 5.96. The molecule has 1 saturated heterocycles. The van der Waals surface area contributed by atoms with Crippen LogP contribution in [-0.2, 0) is 42.8 Å². The van der Waals surface area contributed by atoms with E-state index in [2.05, 4.69) is 28.0 Å². The standard InChI is InChI=1S/C45H67N5O13/c1-3-4-21-48-42(54)19-23-57-25-26-58-24-22-47-32-36(50-46)33-60-28-27-59-29-30-61-45(44(55)56)20-18-39(49-34(2)51)43(63-45)41(53)17-10-6-9-16-40(52)35-12-11-15-38(31-35)62-37-13-7-5-8-14-37/h5,7-8,11-15,31-32,39,41,43,46-47,53H,3-4,6,9-10,16-30,33H2,1-2H3,(H,48,54)(H,49,51)(H,55,56)/b36-32-,50-46?/t39-,41-,43-,45-/m1/s1. The summed E-state index contributed by atoms with van der Waals surface area (Å²) in [4.78, 5) is 49.1. The SMILES string of the molecule is CCCCNC(=O)CCOCCOCCN/C=C(/COCCOCCO[C@]1(C(=O)O)CC[C@@H](NC(C)=O)[C@H]([C@H](O)CCCCCC(=O)c2cccc(Oc3ccccc3)c2)O1)N=N. The van der Waals surface area contributed by atoms with E-state index in [1.54, 1.807) is 30.5 Å². The lowest BCUT2D eigenvalue weighted by Crippen LogP contribution is -2.61. The van der Waals surface area contributed by atoms with Gasteiger partial charge >= 0.3 is 5.97 Å². The highest BCUT2D eigenvalue weighted by atomic mass is 16.7. The number of Topliss-reactive ketones (excluding diaryl/α,β-unsaturated/α-hetero) is 1. The summed E-state index contributed by atoms with van der Waals surface area (Å²) < 4.78 is 39.6. The van der Waals surface area contributed by atoms with Gasteiger partial charge in [0.25, 0.3) is 5.79 Å². The van der Waals surface area contributed by atoms with Gasteiger partial charge in [0.1, 0.15) is 23.3 Å². The number of ketones is 1. The minimum Gasteiger partial charge on any atom is -0.477 e. The first kappa shape index (κ1) is 52.5. The number of ether oxygens (including phenoxy) is 7. The predicted molar refractivity (Wildman–Crippen MR) is 231 cm³/mol. The number of carbonyl (C=O) groups is 4. The summed E-state index contributed by atoms with van der Waals surface area (Å²) in [5.74, 6) is -2.56. The maximum atomic E-state index is 12.9. The molecule has 0 unspecified atom stereocenters. The van der Waals surface area contributed by atoms with Gasteiger partial charge < -0.3 is 59.3 Å². The lowest BCUT2D eigenvalue weighted by Gasteiger charge is -2.43. The molecule has 0 saturated carbocycles. The topological polar surface area (TPSA) is 246 Å². The summed E-state index contributed by atoms with van der Waals surface area (Å²) in [6, 6.07) is 15.7. The number of nitrogens with zero attached hydrogens (tertiary/aromatic N) is 1. The summed E-state index contributed by atoms with van der Waals surface area (Å²) in [5.41, 5.74) is 8.28. The predicted octanol–water partition coefficient (Wildman–Crippen LogP) is 5.29. The molecule has 2 amide bonds. The van der Waals surface area contributed by atoms with Crippen LogP contribution in [0.25, 0.3) is 0 Å². The highest BCUT2D eigenvalue weighted by Crippen LogP contribution is 2.33. The van der Waals surface area contributed by atoms with Crippen molar-refractivity contribution in [3.05, 3.63) is 72.1 Å². The number of aliphatic hydroxyl groups excluding tert-OH is 1. The maximum absolute atomic E-state index is 12.9. The molecule has 2 aromatic rings. The van der Waals surface area contributed by atoms with Crippen LogP contribution in [0.1, 0.15) is 88.4 Å². The van der Waals surface area contributed by atoms with Gasteiger partial charge in [0.15, 0.2) is 5.78 Å². The highest BCUT2D eigenvalue weighted by Gasteiger charge is 2.51. The number of para-hydroxylation sites is 1. The second-order valence-electron chi connectivity index (χ2n) is 14.9. The van der Waals surface area contributed by atoms with Crippen molar-refractivity contribution >= 4 is 23.6 Å². The number of unbranched alkanes of at least 4 members (excludes halogenated alkanes) is 3. The Morgan fingerprint density at radius 2 is 1.59 bits per heavy atom. The monoisotopic (exact) mass is 885 g/mol. The molecule has 1 heterocycles. The van der Waals surface area contributed by atoms with Crippen LogP contribution in [0, 0.1) is 5.53 Å². The van der Waals surface area contributed by atoms with E-state index in [1.165, 1.54) is 6.92 Å². The molecule has 18 nitrogen and oxygen atoms in total. The summed E-state index contributed by atoms with van der Waals surface area (Å²) in [6.07, 6.45) is 4.12. The Hall–Kier alpha value is -4.82. The largest absolute Gasteiger partial charge is 0.477 e. The van der Waals surface area contributed by atoms with Crippen LogP contribution in [0.4, 0.5) is 0 Å². The Morgan fingerprint density at radius 3 is 2.32 bits per heavy atom. The van der Waals surface area contributed by atoms with E-state index in [0.29, 0.717) is 94.4 Å². The molecular weight excluding hydrogens is 819 g/mol. The van der Waals surface area contributed by atoms with Gasteiger partial charge in [-0.15, -0.1) is 0 Å². The Kier molecular flexibility index (Phi) is 25.9. The van der Waals surface area contributed by atoms with E-state index in [-0.39, 0.29) is 69.9 Å². The molecule has 0 radical (unpaired) electrons. The van der Waals surface area contributed by atoms with Crippen LogP contribution in [0.3, 0.4) is 0 Å². The van der Waals surface area contributed by atoms with Crippen LogP contribution in [-0.4, -0.2) is 130 Å². The zero-order valence-corrected chi connectivity index (χ0v) is 36.7. The van der Waals surface area contributed by atoms with Crippen LogP contribution in [0.15, 0.2) is 71.6 Å². The number of carboxylic acid groups (broad SMARTS) is 1. The molecule has 6 N–H and O–H groups in total. The number of hydrogen-bond acceptors (Lipinski definition) is 15. The number of aliphatic hydroxyl groups is 1. The Labute approximate surface area is 370 Å². The van der Waals surface area contributed by atoms with Crippen molar-refractivity contribution in [3.8, 4) is 11.5 Å². The Bertz CT molecular complexity index is 1680. The third-order valence-corrected chi connectivity index (χ3v) is 9.83. The Balaban J connectivity index is 1.31. The summed E-state index contributed by atoms with van der Waals surface area (Å²) >= 11 is 0. The molecule has 0 aliphatic carbocycles. The van der Waals surface area contributed by atoms with Crippen LogP contribution >= 0.6 is 0 Å². The van der Waals surface area contributed by atoms with Crippen molar-refractivity contribution in [3.63, 3.8) is 0 Å². The minimum absolute atomic E-state index is 0.0206. The quantitative estimate of drug-likeness (QED) is 0.0293. The molecule has 1 aliphatic rings. The van der Waals surface area contributed by atoms with Crippen molar-refractivity contribution in [2.75, 3.05) is 72.6 Å². The second kappa shape index (κ2) is 31.1. The van der Waals surface area contributed by atoms with Crippen molar-refractivity contribution in [1.29, 1.82) is 5.53 Å². The second-order valence-corrected chi connectivity index (χ2v) is 14.9. The molecule has 1 aliphatic heterocycles. The van der Waals surface area contributed by atoms with Crippen molar-refractivity contribution in [2.24, 2.45) is 5.11 Å². The molecule has 0 aromatic heterocycles. The number of carbonyl (C=O) groups excluding carboxylic acids is 3. The van der Waals surface area contributed by atoms with Gasteiger partial charge in [-0.1, -0.05) is 56.5 Å². The third kappa shape index (κ3) is 21.4. The lowest BCUT2D eigenvalue weighted by molar-refractivity contribution is -0.294. The smallest absolute Gasteiger partial charge is 0.364 e. The normalized spacial score (nSPS) is 18.0. The number of benzene rings is 2. The van der Waals surface area contributed by atoms with Gasteiger partial charge in [-0.05, 0) is 49.9 Å². The number of aliphatic carboxylic acids is 1. The van der Waals surface area contributed by atoms with Gasteiger partial charge in [-0.25, -0.2) is 10.3 Å². The van der Waals surface area contributed by atoms with E-state index in [0.717, 1.165) is 12.8 Å². The number of nitrogens with one attached hydrogen (secondary N) is 4. The van der Waals surface area contributed by atoms with Crippen LogP contribution < -0.4 is 20.7 Å². The van der Waals surface area contributed by atoms with Gasteiger partial charge in [0, 0.05) is 51.0 Å². The first-order valence-electron chi connectivity index (χ1n) is 21.8. The zero-order chi connectivity index (χ0) is 45.5. The number of amides is 2. The van der Waals surface area contributed by atoms with Crippen LogP contribution in [0.5, 0.6) is 11.5 Å². The summed E-state index contributed by atoms with van der Waals surface area (Å²) in [5, 5.41) is 33.5. The molecule has 3 rings (SSSR count). The van der Waals surface area contributed by atoms with Gasteiger partial charge in [0.05, 0.1) is 71.6 Å². The van der Waals surface area contributed by atoms with E-state index in [9.17, 15) is 29.4 Å². The number of rotatable bonds is 35. The third-order valence-electron chi connectivity index (χ3n) is 9.83. The van der Waals surface area contributed by atoms with Gasteiger partial charge in [-0.3, -0.25) is 14.4 Å². The molecule has 4 atom stereocenters. The van der Waals surface area contributed by atoms with Crippen molar-refractivity contribution in [2.45, 2.75) is 102 Å². The van der Waals surface area contributed by atoms with E-state index >= 15 is 0 Å². The minimum atomic E-state index is -2.06. The van der Waals surface area contributed by atoms with Gasteiger partial charge in [-0.2, -0.15) is 5.11 Å². The molecular formula is C45H67N5O13.